The molecule has 16 heteroatoms. The van der Waals surface area contributed by atoms with E-state index >= 15 is 0 Å². The van der Waals surface area contributed by atoms with Gasteiger partial charge in [0.05, 0.1) is 12.6 Å². The van der Waals surface area contributed by atoms with E-state index in [0.29, 0.717) is 16.8 Å². The Bertz CT molecular complexity index is 1690. The number of alkyl halides is 6. The molecule has 2 aromatic heterocycles. The highest BCUT2D eigenvalue weighted by molar-refractivity contribution is 6.41. The van der Waals surface area contributed by atoms with E-state index < -0.39 is 23.9 Å². The molecule has 1 amide bonds. The molecule has 3 heterocycles. The number of halogens is 7. The van der Waals surface area contributed by atoms with E-state index in [1.54, 1.807) is 18.6 Å². The molecule has 0 saturated heterocycles. The largest absolute Gasteiger partial charge is 0.458 e. The zero-order valence-corrected chi connectivity index (χ0v) is 23.5. The number of hydrogen-bond donors (Lipinski definition) is 3. The van der Waals surface area contributed by atoms with Crippen LogP contribution in [0.1, 0.15) is 16.7 Å². The number of aromatic nitrogens is 3. The number of benzene rings is 2. The molecule has 5 rings (SSSR count). The average Bonchev–Trinajstić information content (AvgIpc) is 2.98. The molecule has 0 unspecified atom stereocenters. The van der Waals surface area contributed by atoms with E-state index in [2.05, 4.69) is 43.0 Å². The number of Topliss-reactive ketones (excluding diaryl/α,β-unsaturated/α-hetero) is 2. The Balaban J connectivity index is 0.000000328. The summed E-state index contributed by atoms with van der Waals surface area (Å²) in [5, 5.41) is 9.99. The van der Waals surface area contributed by atoms with Crippen LogP contribution in [0.25, 0.3) is 0 Å². The van der Waals surface area contributed by atoms with Gasteiger partial charge in [0, 0.05) is 29.5 Å². The molecule has 6 bridgehead atoms. The molecule has 0 atom stereocenters. The minimum atomic E-state index is -5.77. The van der Waals surface area contributed by atoms with E-state index in [1.807, 2.05) is 42.5 Å². The smallest absolute Gasteiger partial charge is 0.339 e. The second-order valence-corrected chi connectivity index (χ2v) is 9.86. The number of rotatable bonds is 4. The summed E-state index contributed by atoms with van der Waals surface area (Å²) in [7, 11) is 0. The van der Waals surface area contributed by atoms with Gasteiger partial charge >= 0.3 is 23.9 Å². The van der Waals surface area contributed by atoms with Crippen molar-refractivity contribution in [1.29, 1.82) is 0 Å². The maximum absolute atomic E-state index is 12.7. The van der Waals surface area contributed by atoms with Crippen LogP contribution in [0.5, 0.6) is 0 Å². The van der Waals surface area contributed by atoms with Crippen LogP contribution in [0.3, 0.4) is 0 Å². The summed E-state index contributed by atoms with van der Waals surface area (Å²) in [5.74, 6) is -5.94. The normalized spacial score (nSPS) is 12.4. The third-order valence-electron chi connectivity index (χ3n) is 6.06. The predicted molar refractivity (Wildman–Crippen MR) is 153 cm³/mol. The molecular weight excluding hydrogens is 630 g/mol. The van der Waals surface area contributed by atoms with Gasteiger partial charge in [-0.05, 0) is 65.9 Å². The number of ketones is 2. The Morgan fingerprint density at radius 3 is 2.22 bits per heavy atom. The zero-order chi connectivity index (χ0) is 32.8. The summed E-state index contributed by atoms with van der Waals surface area (Å²) in [5.41, 5.74) is 5.56. The van der Waals surface area contributed by atoms with E-state index in [-0.39, 0.29) is 12.3 Å². The van der Waals surface area contributed by atoms with Crippen LogP contribution in [0.4, 0.5) is 55.2 Å². The first-order valence-corrected chi connectivity index (χ1v) is 13.3. The minimum absolute atomic E-state index is 0.0856. The van der Waals surface area contributed by atoms with Crippen molar-refractivity contribution < 1.29 is 40.7 Å². The van der Waals surface area contributed by atoms with Crippen LogP contribution in [0.2, 0.25) is 5.02 Å². The molecule has 2 aromatic carbocycles. The zero-order valence-electron chi connectivity index (χ0n) is 22.8. The molecule has 0 saturated carbocycles. The number of aryl methyl sites for hydroxylation is 2. The third-order valence-corrected chi connectivity index (χ3v) is 6.34. The number of fused-ring (bicyclic) bond motifs is 6. The van der Waals surface area contributed by atoms with E-state index in [9.17, 15) is 40.7 Å². The Morgan fingerprint density at radius 1 is 0.844 bits per heavy atom. The molecule has 234 valence electrons. The number of nitrogens with one attached hydrogen (secondary N) is 3. The van der Waals surface area contributed by atoms with E-state index in [4.69, 9.17) is 11.6 Å². The number of carbonyl (C=O) groups excluding carboxylic acids is 3. The van der Waals surface area contributed by atoms with Gasteiger partial charge in [-0.15, -0.1) is 0 Å². The van der Waals surface area contributed by atoms with Gasteiger partial charge in [-0.1, -0.05) is 29.8 Å². The van der Waals surface area contributed by atoms with Gasteiger partial charge in [0.25, 0.3) is 0 Å². The van der Waals surface area contributed by atoms with Crippen LogP contribution in [0, 0.1) is 0 Å². The highest BCUT2D eigenvalue weighted by Crippen LogP contribution is 2.30. The fourth-order valence-corrected chi connectivity index (χ4v) is 4.14. The molecule has 1 aliphatic rings. The molecule has 0 aliphatic carbocycles. The molecule has 0 spiro atoms. The first-order valence-electron chi connectivity index (χ1n) is 12.9. The van der Waals surface area contributed by atoms with Gasteiger partial charge in [-0.2, -0.15) is 31.3 Å². The van der Waals surface area contributed by atoms with Crippen molar-refractivity contribution in [3.63, 3.8) is 0 Å². The van der Waals surface area contributed by atoms with Gasteiger partial charge in [-0.3, -0.25) is 19.4 Å². The molecule has 9 nitrogen and oxygen atoms in total. The summed E-state index contributed by atoms with van der Waals surface area (Å²) in [6.07, 6.45) is -4.76. The van der Waals surface area contributed by atoms with Crippen molar-refractivity contribution in [2.75, 3.05) is 16.0 Å². The molecule has 3 N–H and O–H groups in total. The van der Waals surface area contributed by atoms with E-state index in [0.717, 1.165) is 41.0 Å². The summed E-state index contributed by atoms with van der Waals surface area (Å²) >= 11 is 6.33. The fraction of sp³-hybridized carbons (Fsp3) is 0.172. The summed E-state index contributed by atoms with van der Waals surface area (Å²) < 4.78 is 67.0. The SMILES string of the molecule is O=C(C(=O)C(F)(F)F)C(F)(F)F.O=C(Cc1cccnc1)Nc1ccc2cc1CCc1cccc(c1)Nc1ncc(Cl)c(n1)N2. The summed E-state index contributed by atoms with van der Waals surface area (Å²) in [6.45, 7) is 0. The van der Waals surface area contributed by atoms with Crippen molar-refractivity contribution in [3.8, 4) is 0 Å². The van der Waals surface area contributed by atoms with Crippen LogP contribution in [-0.4, -0.2) is 44.8 Å². The van der Waals surface area contributed by atoms with Gasteiger partial charge in [0.15, 0.2) is 5.82 Å². The number of pyridine rings is 1. The number of hydrogen-bond acceptors (Lipinski definition) is 8. The van der Waals surface area contributed by atoms with Crippen LogP contribution in [-0.2, 0) is 33.6 Å². The number of anilines is 5. The van der Waals surface area contributed by atoms with Crippen LogP contribution >= 0.6 is 11.6 Å². The third kappa shape index (κ3) is 9.22. The van der Waals surface area contributed by atoms with Crippen molar-refractivity contribution in [1.82, 2.24) is 15.0 Å². The van der Waals surface area contributed by atoms with Crippen LogP contribution < -0.4 is 16.0 Å². The van der Waals surface area contributed by atoms with Crippen molar-refractivity contribution in [2.24, 2.45) is 0 Å². The number of amides is 1. The molecule has 0 radical (unpaired) electrons. The Kier molecular flexibility index (Phi) is 10.0. The lowest BCUT2D eigenvalue weighted by Crippen LogP contribution is -2.39. The molecule has 45 heavy (non-hydrogen) atoms. The van der Waals surface area contributed by atoms with Crippen molar-refractivity contribution in [2.45, 2.75) is 31.6 Å². The lowest BCUT2D eigenvalue weighted by atomic mass is 10.0. The second kappa shape index (κ2) is 13.7. The van der Waals surface area contributed by atoms with Gasteiger partial charge in [-0.25, -0.2) is 4.98 Å². The standard InChI is InChI=1S/C25H21ClN6O.C4F6O2/c26-21-15-28-25-30-19-5-1-3-16(11-19)6-7-18-13-20(29-24(21)32-25)8-9-22(18)31-23(33)12-17-4-2-10-27-14-17;5-3(6,7)1(11)2(12)4(8,9)10/h1-5,8-11,13-15H,6-7,12H2,(H,31,33)(H2,28,29,30,32);. The highest BCUT2D eigenvalue weighted by Gasteiger charge is 2.54. The minimum Gasteiger partial charge on any atom is -0.339 e. The average molecular weight is 651 g/mol. The molecular formula is C29H21ClF6N6O3. The predicted octanol–water partition coefficient (Wildman–Crippen LogP) is 6.54. The molecule has 1 aliphatic heterocycles. The van der Waals surface area contributed by atoms with Gasteiger partial charge < -0.3 is 16.0 Å². The van der Waals surface area contributed by atoms with Crippen molar-refractivity contribution in [3.05, 3.63) is 94.9 Å². The number of nitrogens with zero attached hydrogens (tertiary/aromatic N) is 3. The first-order chi connectivity index (χ1) is 21.2. The van der Waals surface area contributed by atoms with Gasteiger partial charge in [0.2, 0.25) is 11.9 Å². The Hall–Kier alpha value is -5.05. The van der Waals surface area contributed by atoms with Gasteiger partial charge in [0.1, 0.15) is 5.02 Å². The summed E-state index contributed by atoms with van der Waals surface area (Å²) in [6, 6.07) is 17.7. The topological polar surface area (TPSA) is 126 Å². The quantitative estimate of drug-likeness (QED) is 0.168. The maximum Gasteiger partial charge on any atom is 0.458 e. The van der Waals surface area contributed by atoms with Crippen LogP contribution in [0.15, 0.2) is 73.2 Å². The van der Waals surface area contributed by atoms with Crippen molar-refractivity contribution >= 4 is 57.9 Å². The Labute approximate surface area is 256 Å². The molecule has 4 aromatic rings. The molecule has 0 fully saturated rings. The number of carbonyl (C=O) groups is 3. The van der Waals surface area contributed by atoms with E-state index in [1.165, 1.54) is 5.56 Å². The second-order valence-electron chi connectivity index (χ2n) is 9.45. The lowest BCUT2D eigenvalue weighted by Gasteiger charge is -2.15. The first kappa shape index (κ1) is 32.9. The highest BCUT2D eigenvalue weighted by atomic mass is 35.5. The fourth-order valence-electron chi connectivity index (χ4n) is 4.00. The monoisotopic (exact) mass is 650 g/mol. The maximum atomic E-state index is 12.7. The summed E-state index contributed by atoms with van der Waals surface area (Å²) in [4.78, 5) is 44.8. The lowest BCUT2D eigenvalue weighted by molar-refractivity contribution is -0.193. The Morgan fingerprint density at radius 2 is 1.56 bits per heavy atom.